The fourth-order valence-electron chi connectivity index (χ4n) is 0.954. The van der Waals surface area contributed by atoms with Crippen molar-refractivity contribution in [2.24, 2.45) is 0 Å². The molecule has 0 radical (unpaired) electrons. The minimum Gasteiger partial charge on any atom is -0.353 e. The molecule has 0 bridgehead atoms. The van der Waals surface area contributed by atoms with Crippen LogP contribution in [0.3, 0.4) is 0 Å². The molecule has 3 heteroatoms. The molecule has 2 nitrogen and oxygen atoms in total. The number of hydrogen-bond acceptors (Lipinski definition) is 2. The molecule has 0 aromatic rings. The minimum absolute atomic E-state index is 0.153. The Morgan fingerprint density at radius 1 is 1.60 bits per heavy atom. The van der Waals surface area contributed by atoms with Crippen LogP contribution in [0.25, 0.3) is 0 Å². The van der Waals surface area contributed by atoms with E-state index in [9.17, 15) is 4.79 Å². The monoisotopic (exact) mass is 159 g/mol. The van der Waals surface area contributed by atoms with Crippen molar-refractivity contribution in [1.29, 1.82) is 0 Å². The van der Waals surface area contributed by atoms with Gasteiger partial charge in [-0.2, -0.15) is 12.6 Å². The first kappa shape index (κ1) is 7.92. The molecule has 1 fully saturated rings. The number of carbonyl (C=O) groups excluding carboxylic acids is 1. The SMILES string of the molecule is O=C(CCS)NC1CCC1. The van der Waals surface area contributed by atoms with E-state index in [0.29, 0.717) is 18.2 Å². The van der Waals surface area contributed by atoms with E-state index in [2.05, 4.69) is 17.9 Å². The van der Waals surface area contributed by atoms with E-state index in [4.69, 9.17) is 0 Å². The van der Waals surface area contributed by atoms with Gasteiger partial charge >= 0.3 is 0 Å². The maximum absolute atomic E-state index is 10.9. The average Bonchev–Trinajstić information content (AvgIpc) is 1.80. The summed E-state index contributed by atoms with van der Waals surface area (Å²) in [5.74, 6) is 0.804. The Labute approximate surface area is 66.8 Å². The maximum atomic E-state index is 10.9. The largest absolute Gasteiger partial charge is 0.353 e. The Morgan fingerprint density at radius 3 is 2.70 bits per heavy atom. The van der Waals surface area contributed by atoms with Crippen LogP contribution < -0.4 is 5.32 Å². The highest BCUT2D eigenvalue weighted by Crippen LogP contribution is 2.17. The molecule has 1 saturated carbocycles. The van der Waals surface area contributed by atoms with Crippen LogP contribution in [-0.2, 0) is 4.79 Å². The summed E-state index contributed by atoms with van der Waals surface area (Å²) in [6.45, 7) is 0. The fourth-order valence-corrected chi connectivity index (χ4v) is 1.16. The Kier molecular flexibility index (Phi) is 3.06. The van der Waals surface area contributed by atoms with Crippen LogP contribution in [0.2, 0.25) is 0 Å². The predicted molar refractivity (Wildman–Crippen MR) is 44.3 cm³/mol. The first-order valence-corrected chi connectivity index (χ1v) is 4.36. The molecule has 10 heavy (non-hydrogen) atoms. The number of nitrogens with one attached hydrogen (secondary N) is 1. The van der Waals surface area contributed by atoms with E-state index >= 15 is 0 Å². The molecule has 1 aliphatic carbocycles. The van der Waals surface area contributed by atoms with Gasteiger partial charge in [0.15, 0.2) is 0 Å². The van der Waals surface area contributed by atoms with E-state index < -0.39 is 0 Å². The number of thiol groups is 1. The summed E-state index contributed by atoms with van der Waals surface area (Å²) in [5.41, 5.74) is 0. The second kappa shape index (κ2) is 3.86. The molecule has 1 N–H and O–H groups in total. The second-order valence-corrected chi connectivity index (χ2v) is 3.12. The highest BCUT2D eigenvalue weighted by Gasteiger charge is 2.18. The van der Waals surface area contributed by atoms with E-state index in [1.807, 2.05) is 0 Å². The zero-order valence-corrected chi connectivity index (χ0v) is 6.86. The third-order valence-corrected chi connectivity index (χ3v) is 2.03. The van der Waals surface area contributed by atoms with E-state index in [0.717, 1.165) is 12.8 Å². The van der Waals surface area contributed by atoms with Crippen LogP contribution in [-0.4, -0.2) is 17.7 Å². The van der Waals surface area contributed by atoms with Crippen LogP contribution in [0.4, 0.5) is 0 Å². The van der Waals surface area contributed by atoms with Crippen molar-refractivity contribution in [3.05, 3.63) is 0 Å². The first-order valence-electron chi connectivity index (χ1n) is 3.73. The van der Waals surface area contributed by atoms with Gasteiger partial charge in [0.1, 0.15) is 0 Å². The van der Waals surface area contributed by atoms with Crippen molar-refractivity contribution in [2.75, 3.05) is 5.75 Å². The van der Waals surface area contributed by atoms with Gasteiger partial charge in [-0.1, -0.05) is 0 Å². The van der Waals surface area contributed by atoms with Gasteiger partial charge in [-0.3, -0.25) is 4.79 Å². The van der Waals surface area contributed by atoms with Crippen molar-refractivity contribution >= 4 is 18.5 Å². The van der Waals surface area contributed by atoms with Crippen molar-refractivity contribution in [2.45, 2.75) is 31.7 Å². The minimum atomic E-state index is 0.153. The van der Waals surface area contributed by atoms with Gasteiger partial charge in [-0.05, 0) is 25.0 Å². The first-order chi connectivity index (χ1) is 4.83. The van der Waals surface area contributed by atoms with Crippen molar-refractivity contribution < 1.29 is 4.79 Å². The molecule has 1 aliphatic rings. The molecule has 0 aromatic heterocycles. The zero-order valence-electron chi connectivity index (χ0n) is 5.97. The summed E-state index contributed by atoms with van der Waals surface area (Å²) in [4.78, 5) is 10.9. The predicted octanol–water partition coefficient (Wildman–Crippen LogP) is 0.975. The zero-order chi connectivity index (χ0) is 7.40. The van der Waals surface area contributed by atoms with E-state index in [-0.39, 0.29) is 5.91 Å². The Hall–Kier alpha value is -0.180. The summed E-state index contributed by atoms with van der Waals surface area (Å²) >= 11 is 3.97. The van der Waals surface area contributed by atoms with Gasteiger partial charge < -0.3 is 5.32 Å². The normalized spacial score (nSPS) is 18.1. The van der Waals surface area contributed by atoms with Gasteiger partial charge in [0.05, 0.1) is 0 Å². The van der Waals surface area contributed by atoms with Crippen molar-refractivity contribution in [3.8, 4) is 0 Å². The molecule has 0 aromatic carbocycles. The van der Waals surface area contributed by atoms with Gasteiger partial charge in [0.2, 0.25) is 5.91 Å². The van der Waals surface area contributed by atoms with Gasteiger partial charge in [-0.15, -0.1) is 0 Å². The quantitative estimate of drug-likeness (QED) is 0.590. The topological polar surface area (TPSA) is 29.1 Å². The Balaban J connectivity index is 2.05. The maximum Gasteiger partial charge on any atom is 0.221 e. The third-order valence-electron chi connectivity index (χ3n) is 1.81. The molecule has 58 valence electrons. The van der Waals surface area contributed by atoms with Crippen LogP contribution in [0.15, 0.2) is 0 Å². The molecule has 0 unspecified atom stereocenters. The lowest BCUT2D eigenvalue weighted by molar-refractivity contribution is -0.121. The molecular formula is C7H13NOS. The van der Waals surface area contributed by atoms with Gasteiger partial charge in [0, 0.05) is 12.5 Å². The number of carbonyl (C=O) groups is 1. The lowest BCUT2D eigenvalue weighted by atomic mass is 9.93. The van der Waals surface area contributed by atoms with Crippen molar-refractivity contribution in [3.63, 3.8) is 0 Å². The Bertz CT molecular complexity index is 123. The lowest BCUT2D eigenvalue weighted by Gasteiger charge is -2.26. The summed E-state index contributed by atoms with van der Waals surface area (Å²) in [6.07, 6.45) is 4.15. The standard InChI is InChI=1S/C7H13NOS/c9-7(4-5-10)8-6-2-1-3-6/h6,10H,1-5H2,(H,8,9). The van der Waals surface area contributed by atoms with Crippen LogP contribution in [0, 0.1) is 0 Å². The molecule has 0 atom stereocenters. The van der Waals surface area contributed by atoms with E-state index in [1.165, 1.54) is 6.42 Å². The fraction of sp³-hybridized carbons (Fsp3) is 0.857. The molecular weight excluding hydrogens is 146 g/mol. The highest BCUT2D eigenvalue weighted by molar-refractivity contribution is 7.80. The van der Waals surface area contributed by atoms with Crippen LogP contribution in [0.5, 0.6) is 0 Å². The van der Waals surface area contributed by atoms with Gasteiger partial charge in [0.25, 0.3) is 0 Å². The average molecular weight is 159 g/mol. The molecule has 1 amide bonds. The smallest absolute Gasteiger partial charge is 0.221 e. The molecule has 0 saturated heterocycles. The summed E-state index contributed by atoms with van der Waals surface area (Å²) in [6, 6.07) is 0.479. The highest BCUT2D eigenvalue weighted by atomic mass is 32.1. The second-order valence-electron chi connectivity index (χ2n) is 2.67. The number of hydrogen-bond donors (Lipinski definition) is 2. The van der Waals surface area contributed by atoms with E-state index in [1.54, 1.807) is 0 Å². The molecule has 0 spiro atoms. The van der Waals surface area contributed by atoms with Crippen LogP contribution >= 0.6 is 12.6 Å². The summed E-state index contributed by atoms with van der Waals surface area (Å²) in [7, 11) is 0. The molecule has 0 aliphatic heterocycles. The molecule has 1 rings (SSSR count). The lowest BCUT2D eigenvalue weighted by Crippen LogP contribution is -2.39. The third kappa shape index (κ3) is 2.21. The Morgan fingerprint density at radius 2 is 2.30 bits per heavy atom. The molecule has 0 heterocycles. The number of amides is 1. The summed E-state index contributed by atoms with van der Waals surface area (Å²) < 4.78 is 0. The van der Waals surface area contributed by atoms with Crippen molar-refractivity contribution in [1.82, 2.24) is 5.32 Å². The van der Waals surface area contributed by atoms with Gasteiger partial charge in [-0.25, -0.2) is 0 Å². The number of rotatable bonds is 3. The van der Waals surface area contributed by atoms with Crippen LogP contribution in [0.1, 0.15) is 25.7 Å². The summed E-state index contributed by atoms with van der Waals surface area (Å²) in [5, 5.41) is 2.93.